The van der Waals surface area contributed by atoms with Gasteiger partial charge < -0.3 is 9.64 Å². The predicted molar refractivity (Wildman–Crippen MR) is 63.1 cm³/mol. The molecule has 1 heterocycles. The molecule has 4 nitrogen and oxygen atoms in total. The van der Waals surface area contributed by atoms with E-state index in [4.69, 9.17) is 4.74 Å². The molecule has 1 aliphatic carbocycles. The van der Waals surface area contributed by atoms with Gasteiger partial charge >= 0.3 is 0 Å². The number of hydrogen-bond donors (Lipinski definition) is 0. The minimum absolute atomic E-state index is 0.0376. The number of piperidine rings is 1. The summed E-state index contributed by atoms with van der Waals surface area (Å²) in [5.41, 5.74) is -0.700. The Morgan fingerprint density at radius 3 is 2.82 bits per heavy atom. The first-order chi connectivity index (χ1) is 8.22. The van der Waals surface area contributed by atoms with Gasteiger partial charge in [-0.05, 0) is 39.0 Å². The lowest BCUT2D eigenvalue weighted by atomic mass is 9.69. The van der Waals surface area contributed by atoms with Gasteiger partial charge in [0, 0.05) is 19.7 Å². The molecule has 1 unspecified atom stereocenters. The lowest BCUT2D eigenvalue weighted by Gasteiger charge is -2.41. The molecule has 0 N–H and O–H groups in total. The molecular formula is C13H20N2O2. The third-order valence-corrected chi connectivity index (χ3v) is 3.90. The van der Waals surface area contributed by atoms with E-state index in [1.807, 2.05) is 11.8 Å². The average molecular weight is 236 g/mol. The molecule has 1 amide bonds. The quantitative estimate of drug-likeness (QED) is 0.749. The van der Waals surface area contributed by atoms with Gasteiger partial charge in [-0.1, -0.05) is 0 Å². The fourth-order valence-corrected chi connectivity index (χ4v) is 2.70. The number of likely N-dealkylation sites (tertiary alicyclic amines) is 1. The summed E-state index contributed by atoms with van der Waals surface area (Å²) >= 11 is 0. The van der Waals surface area contributed by atoms with Gasteiger partial charge in [0.05, 0.1) is 12.2 Å². The third-order valence-electron chi connectivity index (χ3n) is 3.90. The Bertz CT molecular complexity index is 329. The van der Waals surface area contributed by atoms with E-state index in [-0.39, 0.29) is 12.0 Å². The fraction of sp³-hybridized carbons (Fsp3) is 0.846. The van der Waals surface area contributed by atoms with Crippen molar-refractivity contribution in [2.24, 2.45) is 5.41 Å². The highest BCUT2D eigenvalue weighted by molar-refractivity contribution is 5.86. The maximum atomic E-state index is 12.3. The Hall–Kier alpha value is -1.08. The summed E-state index contributed by atoms with van der Waals surface area (Å²) in [4.78, 5) is 14.2. The SMILES string of the molecule is CCOC1CCCN(C(=O)C2(C#N)CCC2)C1. The minimum Gasteiger partial charge on any atom is -0.377 e. The Labute approximate surface area is 103 Å². The molecule has 94 valence electrons. The lowest BCUT2D eigenvalue weighted by molar-refractivity contribution is -0.147. The topological polar surface area (TPSA) is 53.3 Å². The number of carbonyl (C=O) groups excluding carboxylic acids is 1. The van der Waals surface area contributed by atoms with Gasteiger partial charge in [0.15, 0.2) is 0 Å². The second-order valence-corrected chi connectivity index (χ2v) is 5.02. The Kier molecular flexibility index (Phi) is 3.68. The molecule has 0 bridgehead atoms. The van der Waals surface area contributed by atoms with Crippen LogP contribution in [0.2, 0.25) is 0 Å². The second-order valence-electron chi connectivity index (χ2n) is 5.02. The van der Waals surface area contributed by atoms with E-state index in [0.717, 1.165) is 38.6 Å². The van der Waals surface area contributed by atoms with Crippen LogP contribution in [0.25, 0.3) is 0 Å². The van der Waals surface area contributed by atoms with Crippen LogP contribution in [-0.4, -0.2) is 36.6 Å². The first kappa shape index (κ1) is 12.4. The van der Waals surface area contributed by atoms with E-state index in [2.05, 4.69) is 6.07 Å². The average Bonchev–Trinajstić information content (AvgIpc) is 2.29. The molecule has 1 saturated carbocycles. The Morgan fingerprint density at radius 2 is 2.29 bits per heavy atom. The van der Waals surface area contributed by atoms with Crippen LogP contribution in [0, 0.1) is 16.7 Å². The van der Waals surface area contributed by atoms with Crippen LogP contribution in [0.15, 0.2) is 0 Å². The van der Waals surface area contributed by atoms with Crippen LogP contribution in [-0.2, 0) is 9.53 Å². The molecule has 0 spiro atoms. The van der Waals surface area contributed by atoms with Gasteiger partial charge in [-0.25, -0.2) is 0 Å². The van der Waals surface area contributed by atoms with Crippen molar-refractivity contribution in [1.82, 2.24) is 4.90 Å². The van der Waals surface area contributed by atoms with E-state index in [0.29, 0.717) is 13.2 Å². The normalized spacial score (nSPS) is 27.1. The molecule has 1 aliphatic heterocycles. The zero-order valence-corrected chi connectivity index (χ0v) is 10.4. The molecule has 1 saturated heterocycles. The Morgan fingerprint density at radius 1 is 1.53 bits per heavy atom. The fourth-order valence-electron chi connectivity index (χ4n) is 2.70. The number of rotatable bonds is 3. The monoisotopic (exact) mass is 236 g/mol. The molecule has 0 aromatic heterocycles. The molecule has 0 radical (unpaired) electrons. The number of ether oxygens (including phenoxy) is 1. The van der Waals surface area contributed by atoms with Crippen molar-refractivity contribution < 1.29 is 9.53 Å². The number of hydrogen-bond acceptors (Lipinski definition) is 3. The molecule has 2 fully saturated rings. The molecule has 0 aromatic carbocycles. The van der Waals surface area contributed by atoms with Crippen molar-refractivity contribution in [3.63, 3.8) is 0 Å². The lowest BCUT2D eigenvalue weighted by Crippen LogP contribution is -2.51. The van der Waals surface area contributed by atoms with Crippen LogP contribution in [0.4, 0.5) is 0 Å². The summed E-state index contributed by atoms with van der Waals surface area (Å²) < 4.78 is 5.58. The van der Waals surface area contributed by atoms with Crippen LogP contribution in [0.3, 0.4) is 0 Å². The van der Waals surface area contributed by atoms with E-state index in [9.17, 15) is 10.1 Å². The van der Waals surface area contributed by atoms with Gasteiger partial charge in [-0.15, -0.1) is 0 Å². The van der Waals surface area contributed by atoms with Crippen molar-refractivity contribution in [3.8, 4) is 6.07 Å². The first-order valence-corrected chi connectivity index (χ1v) is 6.54. The van der Waals surface area contributed by atoms with Crippen molar-refractivity contribution in [2.75, 3.05) is 19.7 Å². The van der Waals surface area contributed by atoms with Crippen molar-refractivity contribution in [1.29, 1.82) is 5.26 Å². The van der Waals surface area contributed by atoms with Gasteiger partial charge in [0.25, 0.3) is 0 Å². The smallest absolute Gasteiger partial charge is 0.243 e. The predicted octanol–water partition coefficient (Wildman–Crippen LogP) is 1.71. The van der Waals surface area contributed by atoms with E-state index in [1.54, 1.807) is 0 Å². The summed E-state index contributed by atoms with van der Waals surface area (Å²) in [6, 6.07) is 2.23. The van der Waals surface area contributed by atoms with E-state index >= 15 is 0 Å². The summed E-state index contributed by atoms with van der Waals surface area (Å²) in [6.45, 7) is 4.11. The number of carbonyl (C=O) groups is 1. The van der Waals surface area contributed by atoms with Crippen molar-refractivity contribution >= 4 is 5.91 Å². The maximum Gasteiger partial charge on any atom is 0.243 e. The molecule has 17 heavy (non-hydrogen) atoms. The molecule has 0 aromatic rings. The number of nitrogens with zero attached hydrogens (tertiary/aromatic N) is 2. The first-order valence-electron chi connectivity index (χ1n) is 6.54. The summed E-state index contributed by atoms with van der Waals surface area (Å²) in [7, 11) is 0. The third kappa shape index (κ3) is 2.30. The van der Waals surface area contributed by atoms with Gasteiger partial charge in [0.2, 0.25) is 5.91 Å². The second kappa shape index (κ2) is 5.05. The Balaban J connectivity index is 1.97. The van der Waals surface area contributed by atoms with Gasteiger partial charge in [-0.3, -0.25) is 4.79 Å². The highest BCUT2D eigenvalue weighted by atomic mass is 16.5. The highest BCUT2D eigenvalue weighted by Crippen LogP contribution is 2.42. The van der Waals surface area contributed by atoms with Gasteiger partial charge in [-0.2, -0.15) is 5.26 Å². The summed E-state index contributed by atoms with van der Waals surface area (Å²) in [5.74, 6) is 0.0376. The van der Waals surface area contributed by atoms with E-state index < -0.39 is 5.41 Å². The van der Waals surface area contributed by atoms with Crippen molar-refractivity contribution in [2.45, 2.75) is 45.1 Å². The highest BCUT2D eigenvalue weighted by Gasteiger charge is 2.47. The van der Waals surface area contributed by atoms with E-state index in [1.165, 1.54) is 0 Å². The largest absolute Gasteiger partial charge is 0.377 e. The van der Waals surface area contributed by atoms with Crippen LogP contribution in [0.5, 0.6) is 0 Å². The minimum atomic E-state index is -0.700. The number of nitriles is 1. The molecule has 2 aliphatic rings. The molecular weight excluding hydrogens is 216 g/mol. The summed E-state index contributed by atoms with van der Waals surface area (Å²) in [6.07, 6.45) is 4.64. The maximum absolute atomic E-state index is 12.3. The zero-order valence-electron chi connectivity index (χ0n) is 10.4. The molecule has 4 heteroatoms. The molecule has 1 atom stereocenters. The van der Waals surface area contributed by atoms with Crippen LogP contribution >= 0.6 is 0 Å². The standard InChI is InChI=1S/C13H20N2O2/c1-2-17-11-5-3-8-15(9-11)12(16)13(10-14)6-4-7-13/h11H,2-9H2,1H3. The van der Waals surface area contributed by atoms with Crippen LogP contribution in [0.1, 0.15) is 39.0 Å². The van der Waals surface area contributed by atoms with Gasteiger partial charge in [0.1, 0.15) is 5.41 Å². The van der Waals surface area contributed by atoms with Crippen LogP contribution < -0.4 is 0 Å². The summed E-state index contributed by atoms with van der Waals surface area (Å²) in [5, 5.41) is 9.18. The zero-order chi connectivity index (χ0) is 12.3. The molecule has 2 rings (SSSR count). The number of amides is 1. The van der Waals surface area contributed by atoms with Crippen molar-refractivity contribution in [3.05, 3.63) is 0 Å².